The molecule has 10 aromatic carbocycles. The normalized spacial score (nSPS) is 11.7. The minimum absolute atomic E-state index is 0.854. The molecule has 0 saturated carbocycles. The van der Waals surface area contributed by atoms with Crippen LogP contribution >= 0.6 is 11.3 Å². The summed E-state index contributed by atoms with van der Waals surface area (Å²) in [5.74, 6) is 0. The van der Waals surface area contributed by atoms with E-state index in [1.165, 1.54) is 58.6 Å². The molecule has 0 aliphatic rings. The number of anilines is 3. The van der Waals surface area contributed by atoms with Crippen molar-refractivity contribution in [3.8, 4) is 33.4 Å². The first-order valence-corrected chi connectivity index (χ1v) is 20.9. The van der Waals surface area contributed by atoms with Crippen molar-refractivity contribution in [1.82, 2.24) is 0 Å². The summed E-state index contributed by atoms with van der Waals surface area (Å²) in [6.45, 7) is 0. The van der Waals surface area contributed by atoms with Crippen molar-refractivity contribution in [1.29, 1.82) is 0 Å². The number of fused-ring (bicyclic) bond motifs is 11. The quantitative estimate of drug-likeness (QED) is 0.157. The van der Waals surface area contributed by atoms with Gasteiger partial charge in [-0.3, -0.25) is 0 Å². The molecule has 0 radical (unpaired) electrons. The molecule has 0 amide bonds. The van der Waals surface area contributed by atoms with E-state index >= 15 is 0 Å². The van der Waals surface area contributed by atoms with Crippen LogP contribution in [0.4, 0.5) is 17.1 Å². The van der Waals surface area contributed by atoms with Crippen LogP contribution in [-0.2, 0) is 0 Å². The number of furan rings is 1. The number of hydrogen-bond donors (Lipinski definition) is 0. The third-order valence-electron chi connectivity index (χ3n) is 11.8. The number of rotatable bonds is 6. The predicted molar refractivity (Wildman–Crippen MR) is 253 cm³/mol. The molecular weight excluding hydrogens is 735 g/mol. The summed E-state index contributed by atoms with van der Waals surface area (Å²) in [6, 6.07) is 76.7. The van der Waals surface area contributed by atoms with Gasteiger partial charge in [-0.15, -0.1) is 11.3 Å². The van der Waals surface area contributed by atoms with E-state index in [1.807, 2.05) is 11.3 Å². The second kappa shape index (κ2) is 13.6. The first-order chi connectivity index (χ1) is 29.3. The lowest BCUT2D eigenvalue weighted by Crippen LogP contribution is -2.10. The fraction of sp³-hybridized carbons (Fsp3) is 0. The second-order valence-electron chi connectivity index (χ2n) is 15.2. The smallest absolute Gasteiger partial charge is 0.159 e. The summed E-state index contributed by atoms with van der Waals surface area (Å²) in [4.78, 5) is 2.38. The van der Waals surface area contributed by atoms with Gasteiger partial charge in [0.2, 0.25) is 0 Å². The van der Waals surface area contributed by atoms with Gasteiger partial charge in [0.25, 0.3) is 0 Å². The van der Waals surface area contributed by atoms with Gasteiger partial charge in [0, 0.05) is 47.7 Å². The summed E-state index contributed by atoms with van der Waals surface area (Å²) < 4.78 is 9.87. The lowest BCUT2D eigenvalue weighted by Gasteiger charge is -2.26. The first kappa shape index (κ1) is 33.7. The average Bonchev–Trinajstić information content (AvgIpc) is 3.90. The fourth-order valence-corrected chi connectivity index (χ4v) is 10.3. The van der Waals surface area contributed by atoms with Crippen molar-refractivity contribution in [3.05, 3.63) is 212 Å². The van der Waals surface area contributed by atoms with Crippen LogP contribution < -0.4 is 4.90 Å². The summed E-state index contributed by atoms with van der Waals surface area (Å²) in [7, 11) is 0. The number of nitrogens with zero attached hydrogens (tertiary/aromatic N) is 1. The third-order valence-corrected chi connectivity index (χ3v) is 13.1. The molecule has 3 heteroatoms. The summed E-state index contributed by atoms with van der Waals surface area (Å²) in [5, 5.41) is 9.57. The van der Waals surface area contributed by atoms with Gasteiger partial charge in [-0.2, -0.15) is 0 Å². The molecule has 59 heavy (non-hydrogen) atoms. The van der Waals surface area contributed by atoms with Gasteiger partial charge in [0.1, 0.15) is 5.58 Å². The Hall–Kier alpha value is -7.46. The van der Waals surface area contributed by atoms with Gasteiger partial charge in [0.05, 0.1) is 5.69 Å². The molecule has 276 valence electrons. The average molecular weight is 770 g/mol. The molecule has 2 heterocycles. The molecule has 0 aliphatic heterocycles. The Bertz CT molecular complexity index is 3530. The Morgan fingerprint density at radius 3 is 1.56 bits per heavy atom. The Morgan fingerprint density at radius 2 is 0.864 bits per heavy atom. The molecule has 0 atom stereocenters. The number of thiophene rings is 1. The van der Waals surface area contributed by atoms with E-state index in [2.05, 4.69) is 217 Å². The number of hydrogen-bond acceptors (Lipinski definition) is 3. The van der Waals surface area contributed by atoms with E-state index in [9.17, 15) is 0 Å². The molecule has 0 spiro atoms. The number of benzene rings is 10. The lowest BCUT2D eigenvalue weighted by atomic mass is 9.95. The maximum atomic E-state index is 7.24. The van der Waals surface area contributed by atoms with Crippen LogP contribution in [0.1, 0.15) is 0 Å². The van der Waals surface area contributed by atoms with Gasteiger partial charge in [-0.05, 0) is 92.0 Å². The highest BCUT2D eigenvalue weighted by molar-refractivity contribution is 7.26. The van der Waals surface area contributed by atoms with Gasteiger partial charge < -0.3 is 9.32 Å². The van der Waals surface area contributed by atoms with E-state index in [4.69, 9.17) is 4.42 Å². The van der Waals surface area contributed by atoms with Crippen molar-refractivity contribution in [2.45, 2.75) is 0 Å². The minimum atomic E-state index is 0.854. The summed E-state index contributed by atoms with van der Waals surface area (Å²) in [5.41, 5.74) is 11.9. The zero-order valence-corrected chi connectivity index (χ0v) is 32.8. The molecular formula is C56H35NOS. The van der Waals surface area contributed by atoms with Crippen LogP contribution in [0, 0.1) is 0 Å². The molecule has 12 rings (SSSR count). The third kappa shape index (κ3) is 5.47. The van der Waals surface area contributed by atoms with Crippen molar-refractivity contribution in [2.75, 3.05) is 4.90 Å². The zero-order valence-electron chi connectivity index (χ0n) is 32.0. The Morgan fingerprint density at radius 1 is 0.339 bits per heavy atom. The first-order valence-electron chi connectivity index (χ1n) is 20.1. The van der Waals surface area contributed by atoms with Crippen LogP contribution in [-0.4, -0.2) is 0 Å². The molecule has 12 aromatic rings. The highest BCUT2D eigenvalue weighted by Gasteiger charge is 2.24. The Labute approximate surface area is 345 Å². The summed E-state index contributed by atoms with van der Waals surface area (Å²) >= 11 is 1.87. The van der Waals surface area contributed by atoms with Crippen LogP contribution in [0.5, 0.6) is 0 Å². The predicted octanol–water partition coefficient (Wildman–Crippen LogP) is 16.7. The van der Waals surface area contributed by atoms with Crippen molar-refractivity contribution in [3.63, 3.8) is 0 Å². The van der Waals surface area contributed by atoms with Crippen LogP contribution in [0.15, 0.2) is 217 Å². The second-order valence-corrected chi connectivity index (χ2v) is 16.3. The molecule has 0 bridgehead atoms. The standard InChI is InChI=1S/C56H35NOS/c1-3-14-36(15-4-1)38-26-30-41(31-27-38)57(42-32-28-39(29-33-42)43-23-13-24-49-46-20-11-12-25-52(46)59-56(43)49)51-35-40(37-16-5-2-6-17-37)34-50-53-47-21-9-7-18-44(47)45-19-8-10-22-48(45)55(53)58-54(50)51/h1-35H. The summed E-state index contributed by atoms with van der Waals surface area (Å²) in [6.07, 6.45) is 0. The van der Waals surface area contributed by atoms with Gasteiger partial charge in [-0.1, -0.05) is 170 Å². The zero-order chi connectivity index (χ0) is 38.9. The van der Waals surface area contributed by atoms with Crippen molar-refractivity contribution in [2.24, 2.45) is 0 Å². The van der Waals surface area contributed by atoms with Gasteiger partial charge in [0.15, 0.2) is 5.58 Å². The van der Waals surface area contributed by atoms with Gasteiger partial charge in [-0.25, -0.2) is 0 Å². The lowest BCUT2D eigenvalue weighted by molar-refractivity contribution is 0.673. The SMILES string of the molecule is c1ccc(-c2ccc(N(c3ccc(-c4cccc5c4sc4ccccc45)cc3)c3cc(-c4ccccc4)cc4c3oc3c5ccccc5c5ccccc5c43)cc2)cc1. The molecule has 0 fully saturated rings. The Kier molecular flexibility index (Phi) is 7.75. The van der Waals surface area contributed by atoms with E-state index in [0.717, 1.165) is 55.5 Å². The van der Waals surface area contributed by atoms with E-state index < -0.39 is 0 Å². The van der Waals surface area contributed by atoms with Crippen molar-refractivity contribution < 1.29 is 4.42 Å². The van der Waals surface area contributed by atoms with E-state index in [0.29, 0.717) is 0 Å². The fourth-order valence-electron chi connectivity index (χ4n) is 9.08. The van der Waals surface area contributed by atoms with Crippen LogP contribution in [0.2, 0.25) is 0 Å². The maximum Gasteiger partial charge on any atom is 0.159 e. The van der Waals surface area contributed by atoms with E-state index in [1.54, 1.807) is 0 Å². The van der Waals surface area contributed by atoms with Crippen LogP contribution in [0.3, 0.4) is 0 Å². The minimum Gasteiger partial charge on any atom is -0.453 e. The molecule has 2 aromatic heterocycles. The molecule has 0 N–H and O–H groups in total. The van der Waals surface area contributed by atoms with Crippen LogP contribution in [0.25, 0.3) is 97.0 Å². The molecule has 0 aliphatic carbocycles. The highest BCUT2D eigenvalue weighted by Crippen LogP contribution is 2.49. The molecule has 0 unspecified atom stereocenters. The molecule has 0 saturated heterocycles. The largest absolute Gasteiger partial charge is 0.453 e. The Balaban J connectivity index is 1.12. The monoisotopic (exact) mass is 769 g/mol. The maximum absolute atomic E-state index is 7.24. The van der Waals surface area contributed by atoms with E-state index in [-0.39, 0.29) is 0 Å². The topological polar surface area (TPSA) is 16.4 Å². The highest BCUT2D eigenvalue weighted by atomic mass is 32.1. The van der Waals surface area contributed by atoms with Crippen molar-refractivity contribution >= 4 is 92.1 Å². The molecule has 2 nitrogen and oxygen atoms in total. The van der Waals surface area contributed by atoms with Gasteiger partial charge >= 0.3 is 0 Å².